The summed E-state index contributed by atoms with van der Waals surface area (Å²) in [6.07, 6.45) is 9.71. The molecule has 0 aromatic rings. The molecule has 0 spiro atoms. The van der Waals surface area contributed by atoms with Crippen LogP contribution >= 0.6 is 0 Å². The standard InChI is InChI=1S/C61H97NO18/c1-39-15-11-10-12-16-40(2)52(78-38-48-37-76-28-27-74-24-23-73-25-26-75-29-30-77-48)35-47-20-18-45(7)61(70,80-47)58(67)59(68)62-22-14-13-17-49(62)60(69)79-53(42(4)33-46-19-21-50(63)54(34-46)71-8)36-51(64)41(3)32-44(6)56(66)57(72-9)55(65)43(5)31-39/h10-12,15-16,32,39,41-43,45-50,52-54,56-57,63,66,70H,13-14,17-31,33-38H2,1-9H3/b12-10+,15-11+,40-16+,44-32+/t39-,41-,42-,43-,45-,46+,47+,48?,49?,50-,52+,53+,54-,56-,57+,61-/m1/s1. The van der Waals surface area contributed by atoms with Crippen LogP contribution < -0.4 is 0 Å². The van der Waals surface area contributed by atoms with Gasteiger partial charge in [-0.15, -0.1) is 0 Å². The Bertz CT molecular complexity index is 2060. The van der Waals surface area contributed by atoms with Crippen molar-refractivity contribution in [1.29, 1.82) is 0 Å². The number of piperidine rings is 1. The summed E-state index contributed by atoms with van der Waals surface area (Å²) >= 11 is 0. The van der Waals surface area contributed by atoms with Gasteiger partial charge in [-0.05, 0) is 107 Å². The van der Waals surface area contributed by atoms with E-state index < -0.39 is 90.0 Å². The molecule has 1 aliphatic carbocycles. The number of carbonyl (C=O) groups is 5. The van der Waals surface area contributed by atoms with E-state index in [2.05, 4.69) is 0 Å². The molecule has 0 aromatic carbocycles. The van der Waals surface area contributed by atoms with E-state index in [0.717, 1.165) is 5.57 Å². The van der Waals surface area contributed by atoms with Gasteiger partial charge < -0.3 is 67.6 Å². The van der Waals surface area contributed by atoms with Gasteiger partial charge in [0.15, 0.2) is 5.78 Å². The number of ketones is 3. The van der Waals surface area contributed by atoms with Crippen LogP contribution in [0.5, 0.6) is 0 Å². The van der Waals surface area contributed by atoms with E-state index >= 15 is 0 Å². The highest BCUT2D eigenvalue weighted by Crippen LogP contribution is 2.38. The molecule has 16 atom stereocenters. The van der Waals surface area contributed by atoms with Crippen LogP contribution in [0.1, 0.15) is 126 Å². The number of carbonyl (C=O) groups excluding carboxylic acids is 5. The largest absolute Gasteiger partial charge is 0.460 e. The highest BCUT2D eigenvalue weighted by molar-refractivity contribution is 6.39. The summed E-state index contributed by atoms with van der Waals surface area (Å²) < 4.78 is 59.5. The van der Waals surface area contributed by atoms with Gasteiger partial charge in [0, 0.05) is 51.4 Å². The lowest BCUT2D eigenvalue weighted by Gasteiger charge is -2.43. The van der Waals surface area contributed by atoms with Gasteiger partial charge in [0.2, 0.25) is 5.79 Å². The predicted octanol–water partition coefficient (Wildman–Crippen LogP) is 6.02. The average Bonchev–Trinajstić information content (AvgIpc) is 3.55. The fraction of sp³-hybridized carbons (Fsp3) is 0.787. The maximum Gasteiger partial charge on any atom is 0.329 e. The molecule has 5 aliphatic rings. The third kappa shape index (κ3) is 20.4. The number of ether oxygens (including phenoxy) is 10. The smallest absolute Gasteiger partial charge is 0.329 e. The fourth-order valence-electron chi connectivity index (χ4n) is 11.5. The minimum absolute atomic E-state index is 0.0352. The van der Waals surface area contributed by atoms with Gasteiger partial charge in [0.1, 0.15) is 36.2 Å². The van der Waals surface area contributed by atoms with Crippen molar-refractivity contribution in [2.75, 3.05) is 86.8 Å². The van der Waals surface area contributed by atoms with Gasteiger partial charge in [0.25, 0.3) is 11.7 Å². The van der Waals surface area contributed by atoms with E-state index in [1.54, 1.807) is 34.0 Å². The van der Waals surface area contributed by atoms with E-state index in [9.17, 15) is 39.3 Å². The topological polar surface area (TPSA) is 242 Å². The second kappa shape index (κ2) is 34.3. The number of hydrogen-bond donors (Lipinski definition) is 3. The molecule has 1 saturated carbocycles. The van der Waals surface area contributed by atoms with Crippen molar-refractivity contribution in [2.45, 2.75) is 186 Å². The van der Waals surface area contributed by atoms with E-state index in [4.69, 9.17) is 47.4 Å². The number of amides is 1. The third-order valence-corrected chi connectivity index (χ3v) is 16.7. The number of aliphatic hydroxyl groups is 3. The molecule has 5 rings (SSSR count). The Kier molecular flexibility index (Phi) is 28.8. The number of methoxy groups -OCH3 is 2. The van der Waals surface area contributed by atoms with Crippen LogP contribution in [0.15, 0.2) is 47.6 Å². The fourth-order valence-corrected chi connectivity index (χ4v) is 11.5. The molecule has 4 fully saturated rings. The second-order valence-corrected chi connectivity index (χ2v) is 23.1. The molecule has 19 nitrogen and oxygen atoms in total. The van der Waals surface area contributed by atoms with Crippen molar-refractivity contribution < 1.29 is 86.7 Å². The van der Waals surface area contributed by atoms with Gasteiger partial charge >= 0.3 is 5.97 Å². The maximum atomic E-state index is 14.6. The summed E-state index contributed by atoms with van der Waals surface area (Å²) in [6, 6.07) is -1.19. The number of fused-ring (bicyclic) bond motifs is 3. The maximum absolute atomic E-state index is 14.6. The lowest BCUT2D eigenvalue weighted by Crippen LogP contribution is -2.61. The quantitative estimate of drug-likeness (QED) is 0.143. The number of cyclic esters (lactones) is 1. The summed E-state index contributed by atoms with van der Waals surface area (Å²) in [5.41, 5.74) is 1.17. The van der Waals surface area contributed by atoms with Gasteiger partial charge in [-0.2, -0.15) is 0 Å². The van der Waals surface area contributed by atoms with Crippen LogP contribution in [-0.2, 0) is 71.3 Å². The lowest BCUT2D eigenvalue weighted by molar-refractivity contribution is -0.266. The predicted molar refractivity (Wildman–Crippen MR) is 297 cm³/mol. The first-order valence-electron chi connectivity index (χ1n) is 29.5. The van der Waals surface area contributed by atoms with Crippen molar-refractivity contribution in [3.8, 4) is 0 Å². The number of rotatable bonds is 8. The van der Waals surface area contributed by atoms with Gasteiger partial charge in [-0.25, -0.2) is 4.79 Å². The van der Waals surface area contributed by atoms with Crippen LogP contribution in [0.2, 0.25) is 0 Å². The first-order valence-corrected chi connectivity index (χ1v) is 29.5. The SMILES string of the molecule is CO[C@@H]1C[C@H](C[C@@H](C)[C@@H]2CC(=O)[C@H](C)/C=C(\C)[C@@H](O)[C@@H](OC)C(=O)[C@H](C)C[C@H](C)/C=C/C=C/C=C(\C)[C@@H](OCC3COCCOCCOCCOCCO3)C[C@@H]3CC[C@@H](C)[C@@](O)(O3)C(=O)C(=O)N3CCCCC3C(=O)O2)CC[C@H]1O. The highest BCUT2D eigenvalue weighted by atomic mass is 16.6. The minimum atomic E-state index is -2.52. The van der Waals surface area contributed by atoms with Crippen molar-refractivity contribution >= 4 is 29.2 Å². The molecular formula is C61H97NO18. The third-order valence-electron chi connectivity index (χ3n) is 16.7. The second-order valence-electron chi connectivity index (χ2n) is 23.1. The molecule has 4 aliphatic heterocycles. The van der Waals surface area contributed by atoms with E-state index in [0.29, 0.717) is 110 Å². The van der Waals surface area contributed by atoms with Crippen LogP contribution in [0.3, 0.4) is 0 Å². The summed E-state index contributed by atoms with van der Waals surface area (Å²) in [4.78, 5) is 73.2. The van der Waals surface area contributed by atoms with Crippen molar-refractivity contribution in [3.63, 3.8) is 0 Å². The highest BCUT2D eigenvalue weighted by Gasteiger charge is 2.53. The molecule has 0 aromatic heterocycles. The monoisotopic (exact) mass is 1130 g/mol. The Morgan fingerprint density at radius 1 is 0.775 bits per heavy atom. The van der Waals surface area contributed by atoms with Crippen molar-refractivity contribution in [3.05, 3.63) is 47.6 Å². The van der Waals surface area contributed by atoms with Gasteiger partial charge in [0.05, 0.1) is 90.5 Å². The molecule has 4 heterocycles. The van der Waals surface area contributed by atoms with Crippen LogP contribution in [0, 0.1) is 35.5 Å². The lowest BCUT2D eigenvalue weighted by atomic mass is 9.78. The zero-order valence-electron chi connectivity index (χ0n) is 49.3. The van der Waals surface area contributed by atoms with E-state index in [1.807, 2.05) is 58.1 Å². The Morgan fingerprint density at radius 2 is 1.46 bits per heavy atom. The number of Topliss-reactive ketones (excluding diaryl/α,β-unsaturated/α-hetero) is 3. The number of hydrogen-bond acceptors (Lipinski definition) is 18. The van der Waals surface area contributed by atoms with Crippen LogP contribution in [0.4, 0.5) is 0 Å². The molecule has 2 unspecified atom stereocenters. The van der Waals surface area contributed by atoms with Crippen LogP contribution in [-0.4, -0.2) is 197 Å². The summed E-state index contributed by atoms with van der Waals surface area (Å²) in [5, 5.41) is 34.5. The van der Waals surface area contributed by atoms with Crippen LogP contribution in [0.25, 0.3) is 0 Å². The number of esters is 1. The summed E-state index contributed by atoms with van der Waals surface area (Å²) in [6.45, 7) is 16.0. The molecule has 3 N–H and O–H groups in total. The Hall–Kier alpha value is -3.57. The normalized spacial score (nSPS) is 38.5. The minimum Gasteiger partial charge on any atom is -0.460 e. The first kappa shape index (κ1) is 67.2. The molecular weight excluding hydrogens is 1030 g/mol. The van der Waals surface area contributed by atoms with Gasteiger partial charge in [-0.3, -0.25) is 19.2 Å². The van der Waals surface area contributed by atoms with E-state index in [-0.39, 0.29) is 81.1 Å². The molecule has 0 radical (unpaired) electrons. The zero-order chi connectivity index (χ0) is 58.4. The molecule has 80 heavy (non-hydrogen) atoms. The number of allylic oxidation sites excluding steroid dienone is 6. The average molecular weight is 1130 g/mol. The Labute approximate surface area is 475 Å². The molecule has 454 valence electrons. The first-order chi connectivity index (χ1) is 38.3. The van der Waals surface area contributed by atoms with Crippen molar-refractivity contribution in [2.24, 2.45) is 35.5 Å². The van der Waals surface area contributed by atoms with E-state index in [1.165, 1.54) is 12.0 Å². The van der Waals surface area contributed by atoms with Gasteiger partial charge in [-0.1, -0.05) is 71.1 Å². The number of aliphatic hydroxyl groups excluding tert-OH is 2. The molecule has 3 saturated heterocycles. The molecule has 1 amide bonds. The number of nitrogens with zero attached hydrogens (tertiary/aromatic N) is 1. The molecule has 19 heteroatoms. The Morgan fingerprint density at radius 3 is 2.15 bits per heavy atom. The summed E-state index contributed by atoms with van der Waals surface area (Å²) in [5.74, 6) is -8.44. The van der Waals surface area contributed by atoms with Crippen molar-refractivity contribution in [1.82, 2.24) is 4.90 Å². The Balaban J connectivity index is 1.47. The molecule has 2 bridgehead atoms. The zero-order valence-corrected chi connectivity index (χ0v) is 49.3. The summed E-state index contributed by atoms with van der Waals surface area (Å²) in [7, 11) is 2.94.